The van der Waals surface area contributed by atoms with Gasteiger partial charge in [-0.3, -0.25) is 14.4 Å². The molecule has 0 aromatic rings. The lowest BCUT2D eigenvalue weighted by atomic mass is 10.0. The van der Waals surface area contributed by atoms with E-state index in [2.05, 4.69) is 20.8 Å². The fraction of sp³-hybridized carbons (Fsp3) is 0.944. The van der Waals surface area contributed by atoms with Crippen molar-refractivity contribution in [1.29, 1.82) is 0 Å². The maximum absolute atomic E-state index is 12.7. The van der Waals surface area contributed by atoms with Crippen LogP contribution in [0, 0.1) is 0 Å². The second kappa shape index (κ2) is 50.1. The number of ether oxygens (including phenoxy) is 3. The molecule has 0 bridgehead atoms. The van der Waals surface area contributed by atoms with Crippen molar-refractivity contribution in [2.45, 2.75) is 316 Å². The molecule has 0 aliphatic rings. The van der Waals surface area contributed by atoms with Crippen LogP contribution in [0.2, 0.25) is 0 Å². The van der Waals surface area contributed by atoms with Crippen LogP contribution < -0.4 is 0 Å². The molecule has 0 N–H and O–H groups in total. The summed E-state index contributed by atoms with van der Waals surface area (Å²) in [6.07, 6.45) is 54.2. The molecule has 0 aromatic heterocycles. The lowest BCUT2D eigenvalue weighted by molar-refractivity contribution is -0.167. The summed E-state index contributed by atoms with van der Waals surface area (Å²) in [5.41, 5.74) is 0. The molecular formula is C54H104O6. The molecule has 0 spiro atoms. The third-order valence-electron chi connectivity index (χ3n) is 12.4. The second-order valence-corrected chi connectivity index (χ2v) is 18.5. The fourth-order valence-electron chi connectivity index (χ4n) is 8.27. The standard InChI is InChI=1S/C54H104O6/c1-4-7-10-13-16-19-20-21-22-23-24-25-26-27-28-29-30-31-32-33-34-35-36-39-41-44-47-53(56)59-50-51(60-54(57)48-45-42-38-18-15-12-9-6-3)49-58-52(55)46-43-40-37-17-14-11-8-5-2/h51H,4-50H2,1-3H3. The van der Waals surface area contributed by atoms with Crippen molar-refractivity contribution < 1.29 is 28.6 Å². The average molecular weight is 849 g/mol. The molecule has 356 valence electrons. The minimum atomic E-state index is -0.757. The summed E-state index contributed by atoms with van der Waals surface area (Å²) in [4.78, 5) is 37.7. The Morgan fingerprint density at radius 2 is 0.450 bits per heavy atom. The van der Waals surface area contributed by atoms with Gasteiger partial charge in [-0.15, -0.1) is 0 Å². The summed E-state index contributed by atoms with van der Waals surface area (Å²) in [6, 6.07) is 0. The van der Waals surface area contributed by atoms with Gasteiger partial charge in [-0.2, -0.15) is 0 Å². The SMILES string of the molecule is CCCCCCCCCCCCCCCCCCCCCCCCCCCCC(=O)OCC(COC(=O)CCCCCCCCCC)OC(=O)CCCCCCCCCC. The molecule has 0 saturated carbocycles. The van der Waals surface area contributed by atoms with Gasteiger partial charge in [0.2, 0.25) is 0 Å². The normalized spacial score (nSPS) is 11.8. The zero-order valence-electron chi connectivity index (χ0n) is 40.8. The van der Waals surface area contributed by atoms with E-state index < -0.39 is 6.10 Å². The lowest BCUT2D eigenvalue weighted by Gasteiger charge is -2.18. The molecule has 0 fully saturated rings. The Kier molecular flexibility index (Phi) is 48.7. The molecule has 0 aliphatic carbocycles. The van der Waals surface area contributed by atoms with Gasteiger partial charge in [-0.1, -0.05) is 271 Å². The van der Waals surface area contributed by atoms with E-state index in [9.17, 15) is 14.4 Å². The maximum atomic E-state index is 12.7. The van der Waals surface area contributed by atoms with Crippen molar-refractivity contribution in [3.05, 3.63) is 0 Å². The highest BCUT2D eigenvalue weighted by molar-refractivity contribution is 5.71. The van der Waals surface area contributed by atoms with Gasteiger partial charge < -0.3 is 14.2 Å². The van der Waals surface area contributed by atoms with Crippen LogP contribution in [0.25, 0.3) is 0 Å². The number of carbonyl (C=O) groups excluding carboxylic acids is 3. The van der Waals surface area contributed by atoms with Crippen LogP contribution in [-0.2, 0) is 28.6 Å². The molecule has 0 amide bonds. The Morgan fingerprint density at radius 3 is 0.667 bits per heavy atom. The smallest absolute Gasteiger partial charge is 0.306 e. The number of carbonyl (C=O) groups is 3. The molecule has 0 aromatic carbocycles. The van der Waals surface area contributed by atoms with Crippen molar-refractivity contribution in [2.75, 3.05) is 13.2 Å². The van der Waals surface area contributed by atoms with E-state index in [4.69, 9.17) is 14.2 Å². The number of hydrogen-bond acceptors (Lipinski definition) is 6. The van der Waals surface area contributed by atoms with Gasteiger partial charge in [-0.25, -0.2) is 0 Å². The van der Waals surface area contributed by atoms with Crippen molar-refractivity contribution >= 4 is 17.9 Å². The van der Waals surface area contributed by atoms with E-state index in [0.29, 0.717) is 19.3 Å². The van der Waals surface area contributed by atoms with Gasteiger partial charge in [0.05, 0.1) is 0 Å². The molecule has 0 rings (SSSR count). The van der Waals surface area contributed by atoms with Crippen LogP contribution in [-0.4, -0.2) is 37.2 Å². The zero-order chi connectivity index (χ0) is 43.7. The van der Waals surface area contributed by atoms with Crippen LogP contribution >= 0.6 is 0 Å². The molecule has 0 saturated heterocycles. The van der Waals surface area contributed by atoms with E-state index in [1.165, 1.54) is 212 Å². The van der Waals surface area contributed by atoms with Crippen LogP contribution in [0.1, 0.15) is 310 Å². The van der Waals surface area contributed by atoms with Crippen molar-refractivity contribution in [2.24, 2.45) is 0 Å². The number of rotatable bonds is 50. The minimum Gasteiger partial charge on any atom is -0.462 e. The molecule has 6 nitrogen and oxygen atoms in total. The monoisotopic (exact) mass is 849 g/mol. The average Bonchev–Trinajstić information content (AvgIpc) is 3.24. The van der Waals surface area contributed by atoms with Gasteiger partial charge in [0.25, 0.3) is 0 Å². The third-order valence-corrected chi connectivity index (χ3v) is 12.4. The summed E-state index contributed by atoms with van der Waals surface area (Å²) >= 11 is 0. The van der Waals surface area contributed by atoms with E-state index in [-0.39, 0.29) is 31.1 Å². The van der Waals surface area contributed by atoms with Crippen LogP contribution in [0.3, 0.4) is 0 Å². The first-order chi connectivity index (χ1) is 29.5. The largest absolute Gasteiger partial charge is 0.462 e. The minimum absolute atomic E-state index is 0.0630. The van der Waals surface area contributed by atoms with Crippen LogP contribution in [0.15, 0.2) is 0 Å². The van der Waals surface area contributed by atoms with E-state index in [0.717, 1.165) is 57.8 Å². The highest BCUT2D eigenvalue weighted by Gasteiger charge is 2.19. The molecule has 1 unspecified atom stereocenters. The van der Waals surface area contributed by atoms with Gasteiger partial charge >= 0.3 is 17.9 Å². The van der Waals surface area contributed by atoms with E-state index in [1.54, 1.807) is 0 Å². The van der Waals surface area contributed by atoms with Crippen LogP contribution in [0.5, 0.6) is 0 Å². The number of hydrogen-bond donors (Lipinski definition) is 0. The molecule has 0 heterocycles. The molecule has 60 heavy (non-hydrogen) atoms. The first-order valence-electron chi connectivity index (χ1n) is 27.0. The molecular weight excluding hydrogens is 745 g/mol. The van der Waals surface area contributed by atoms with Crippen molar-refractivity contribution in [3.63, 3.8) is 0 Å². The second-order valence-electron chi connectivity index (χ2n) is 18.5. The highest BCUT2D eigenvalue weighted by Crippen LogP contribution is 2.17. The van der Waals surface area contributed by atoms with Gasteiger partial charge in [0.1, 0.15) is 13.2 Å². The topological polar surface area (TPSA) is 78.9 Å². The van der Waals surface area contributed by atoms with E-state index >= 15 is 0 Å². The lowest BCUT2D eigenvalue weighted by Crippen LogP contribution is -2.30. The summed E-state index contributed by atoms with van der Waals surface area (Å²) in [7, 11) is 0. The molecule has 6 heteroatoms. The first kappa shape index (κ1) is 58.4. The Balaban J connectivity index is 3.95. The number of esters is 3. The Bertz CT molecular complexity index is 889. The molecule has 0 aliphatic heterocycles. The third kappa shape index (κ3) is 47.5. The quantitative estimate of drug-likeness (QED) is 0.0345. The van der Waals surface area contributed by atoms with Gasteiger partial charge in [0.15, 0.2) is 6.10 Å². The predicted molar refractivity (Wildman–Crippen MR) is 257 cm³/mol. The highest BCUT2D eigenvalue weighted by atomic mass is 16.6. The summed E-state index contributed by atoms with van der Waals surface area (Å²) in [5.74, 6) is -0.854. The van der Waals surface area contributed by atoms with Crippen molar-refractivity contribution in [1.82, 2.24) is 0 Å². The molecule has 0 radical (unpaired) electrons. The predicted octanol–water partition coefficient (Wildman–Crippen LogP) is 17.6. The van der Waals surface area contributed by atoms with Gasteiger partial charge in [0, 0.05) is 19.3 Å². The number of unbranched alkanes of at least 4 members (excludes halogenated alkanes) is 39. The zero-order valence-corrected chi connectivity index (χ0v) is 40.8. The van der Waals surface area contributed by atoms with Crippen LogP contribution in [0.4, 0.5) is 0 Å². The maximum Gasteiger partial charge on any atom is 0.306 e. The summed E-state index contributed by atoms with van der Waals surface area (Å²) in [5, 5.41) is 0. The first-order valence-corrected chi connectivity index (χ1v) is 27.0. The summed E-state index contributed by atoms with van der Waals surface area (Å²) < 4.78 is 16.7. The fourth-order valence-corrected chi connectivity index (χ4v) is 8.27. The van der Waals surface area contributed by atoms with Gasteiger partial charge in [-0.05, 0) is 19.3 Å². The Morgan fingerprint density at radius 1 is 0.267 bits per heavy atom. The molecule has 1 atom stereocenters. The van der Waals surface area contributed by atoms with E-state index in [1.807, 2.05) is 0 Å². The Hall–Kier alpha value is -1.59. The van der Waals surface area contributed by atoms with Crippen molar-refractivity contribution in [3.8, 4) is 0 Å². The summed E-state index contributed by atoms with van der Waals surface area (Å²) in [6.45, 7) is 6.62. The Labute approximate surface area is 374 Å².